The van der Waals surface area contributed by atoms with Crippen molar-refractivity contribution in [3.8, 4) is 5.75 Å². The summed E-state index contributed by atoms with van der Waals surface area (Å²) in [6.07, 6.45) is 0. The van der Waals surface area contributed by atoms with Crippen LogP contribution in [0.3, 0.4) is 0 Å². The van der Waals surface area contributed by atoms with Crippen LogP contribution in [0.25, 0.3) is 0 Å². The highest BCUT2D eigenvalue weighted by Crippen LogP contribution is 2.34. The summed E-state index contributed by atoms with van der Waals surface area (Å²) in [6, 6.07) is 4.64. The van der Waals surface area contributed by atoms with Crippen molar-refractivity contribution in [3.05, 3.63) is 28.3 Å². The zero-order valence-electron chi connectivity index (χ0n) is 8.56. The molecule has 16 heavy (non-hydrogen) atoms. The van der Waals surface area contributed by atoms with Crippen molar-refractivity contribution < 1.29 is 9.66 Å². The Balaban J connectivity index is 2.32. The van der Waals surface area contributed by atoms with Gasteiger partial charge in [-0.2, -0.15) is 0 Å². The van der Waals surface area contributed by atoms with E-state index in [9.17, 15) is 10.1 Å². The first-order valence-corrected chi connectivity index (χ1v) is 5.48. The Kier molecular flexibility index (Phi) is 3.14. The fourth-order valence-corrected chi connectivity index (χ4v) is 1.92. The summed E-state index contributed by atoms with van der Waals surface area (Å²) in [6.45, 7) is 2.01. The van der Waals surface area contributed by atoms with Crippen LogP contribution in [-0.2, 0) is 0 Å². The predicted molar refractivity (Wildman–Crippen MR) is 61.5 cm³/mol. The van der Waals surface area contributed by atoms with Gasteiger partial charge >= 0.3 is 0 Å². The Morgan fingerprint density at radius 3 is 3.06 bits per heavy atom. The number of nitro groups is 1. The number of alkyl halides is 1. The predicted octanol–water partition coefficient (Wildman–Crippen LogP) is 2.03. The number of ether oxygens (including phenoxy) is 1. The van der Waals surface area contributed by atoms with Gasteiger partial charge in [-0.15, -0.1) is 11.6 Å². The first-order valence-electron chi connectivity index (χ1n) is 4.94. The number of hydrogen-bond acceptors (Lipinski definition) is 4. The Bertz CT molecular complexity index is 411. The van der Waals surface area contributed by atoms with E-state index in [1.54, 1.807) is 6.07 Å². The lowest BCUT2D eigenvalue weighted by molar-refractivity contribution is -0.384. The molecule has 86 valence electrons. The second-order valence-electron chi connectivity index (χ2n) is 3.43. The van der Waals surface area contributed by atoms with Gasteiger partial charge in [0.2, 0.25) is 0 Å². The maximum atomic E-state index is 10.6. The number of halogens is 1. The molecule has 0 bridgehead atoms. The SMILES string of the molecule is O=[N+]([O-])c1ccc2c(c1)OCCN2CCCl. The number of benzene rings is 1. The lowest BCUT2D eigenvalue weighted by Gasteiger charge is -2.30. The lowest BCUT2D eigenvalue weighted by Crippen LogP contribution is -2.34. The number of rotatable bonds is 3. The average molecular weight is 243 g/mol. The van der Waals surface area contributed by atoms with Gasteiger partial charge in [-0.25, -0.2) is 0 Å². The minimum Gasteiger partial charge on any atom is -0.489 e. The number of nitro benzene ring substituents is 1. The molecule has 0 saturated heterocycles. The number of non-ortho nitro benzene ring substituents is 1. The van der Waals surface area contributed by atoms with E-state index in [4.69, 9.17) is 16.3 Å². The maximum absolute atomic E-state index is 10.6. The molecule has 0 saturated carbocycles. The molecule has 1 aromatic carbocycles. The van der Waals surface area contributed by atoms with Gasteiger partial charge in [0, 0.05) is 18.5 Å². The van der Waals surface area contributed by atoms with E-state index >= 15 is 0 Å². The molecule has 1 aliphatic heterocycles. The summed E-state index contributed by atoms with van der Waals surface area (Å²) in [5.41, 5.74) is 0.920. The van der Waals surface area contributed by atoms with E-state index in [-0.39, 0.29) is 5.69 Å². The zero-order valence-corrected chi connectivity index (χ0v) is 9.31. The van der Waals surface area contributed by atoms with Crippen LogP contribution in [0.5, 0.6) is 5.75 Å². The van der Waals surface area contributed by atoms with E-state index in [0.717, 1.165) is 18.8 Å². The summed E-state index contributed by atoms with van der Waals surface area (Å²) in [5.74, 6) is 1.08. The summed E-state index contributed by atoms with van der Waals surface area (Å²) >= 11 is 5.69. The van der Waals surface area contributed by atoms with E-state index in [0.29, 0.717) is 18.2 Å². The second kappa shape index (κ2) is 4.57. The molecule has 1 aliphatic rings. The molecule has 0 aromatic heterocycles. The van der Waals surface area contributed by atoms with Gasteiger partial charge in [0.05, 0.1) is 23.2 Å². The van der Waals surface area contributed by atoms with Crippen LogP contribution in [0.2, 0.25) is 0 Å². The zero-order chi connectivity index (χ0) is 11.5. The van der Waals surface area contributed by atoms with E-state index < -0.39 is 4.92 Å². The van der Waals surface area contributed by atoms with Crippen LogP contribution in [0.15, 0.2) is 18.2 Å². The third-order valence-corrected chi connectivity index (χ3v) is 2.64. The topological polar surface area (TPSA) is 55.6 Å². The van der Waals surface area contributed by atoms with Gasteiger partial charge in [0.25, 0.3) is 5.69 Å². The van der Waals surface area contributed by atoms with Crippen molar-refractivity contribution in [3.63, 3.8) is 0 Å². The third-order valence-electron chi connectivity index (χ3n) is 2.47. The molecule has 1 aromatic rings. The second-order valence-corrected chi connectivity index (χ2v) is 3.81. The molecule has 1 heterocycles. The van der Waals surface area contributed by atoms with Gasteiger partial charge in [-0.3, -0.25) is 10.1 Å². The normalized spacial score (nSPS) is 14.2. The molecule has 0 unspecified atom stereocenters. The summed E-state index contributed by atoms with van der Waals surface area (Å²) in [7, 11) is 0. The Hall–Kier alpha value is -1.49. The largest absolute Gasteiger partial charge is 0.489 e. The van der Waals surface area contributed by atoms with Gasteiger partial charge in [0.1, 0.15) is 12.4 Å². The lowest BCUT2D eigenvalue weighted by atomic mass is 10.2. The average Bonchev–Trinajstić information content (AvgIpc) is 2.29. The van der Waals surface area contributed by atoms with Crippen LogP contribution in [0.1, 0.15) is 0 Å². The molecule has 5 nitrogen and oxygen atoms in total. The van der Waals surface area contributed by atoms with Crippen molar-refractivity contribution >= 4 is 23.0 Å². The minimum absolute atomic E-state index is 0.0477. The fourth-order valence-electron chi connectivity index (χ4n) is 1.71. The van der Waals surface area contributed by atoms with E-state index in [1.807, 2.05) is 0 Å². The van der Waals surface area contributed by atoms with E-state index in [1.165, 1.54) is 12.1 Å². The maximum Gasteiger partial charge on any atom is 0.273 e. The van der Waals surface area contributed by atoms with Crippen LogP contribution in [0.4, 0.5) is 11.4 Å². The molecule has 6 heteroatoms. The molecule has 0 fully saturated rings. The molecule has 0 N–H and O–H groups in total. The quantitative estimate of drug-likeness (QED) is 0.462. The monoisotopic (exact) mass is 242 g/mol. The number of fused-ring (bicyclic) bond motifs is 1. The minimum atomic E-state index is -0.426. The van der Waals surface area contributed by atoms with Crippen LogP contribution >= 0.6 is 11.6 Å². The smallest absolute Gasteiger partial charge is 0.273 e. The van der Waals surface area contributed by atoms with Crippen LogP contribution in [-0.4, -0.2) is 30.5 Å². The van der Waals surface area contributed by atoms with Crippen molar-refractivity contribution in [1.29, 1.82) is 0 Å². The molecule has 0 radical (unpaired) electrons. The van der Waals surface area contributed by atoms with Gasteiger partial charge in [-0.05, 0) is 6.07 Å². The first kappa shape index (κ1) is 11.0. The standard InChI is InChI=1S/C10H11ClN2O3/c11-3-4-12-5-6-16-10-7-8(13(14)15)1-2-9(10)12/h1-2,7H,3-6H2. The Labute approximate surface area is 97.7 Å². The Morgan fingerprint density at radius 1 is 1.56 bits per heavy atom. The molecule has 0 aliphatic carbocycles. The molecule has 0 atom stereocenters. The number of hydrogen-bond donors (Lipinski definition) is 0. The molecular weight excluding hydrogens is 232 g/mol. The number of nitrogens with zero attached hydrogens (tertiary/aromatic N) is 2. The highest BCUT2D eigenvalue weighted by atomic mass is 35.5. The highest BCUT2D eigenvalue weighted by molar-refractivity contribution is 6.18. The summed E-state index contributed by atoms with van der Waals surface area (Å²) in [4.78, 5) is 12.2. The van der Waals surface area contributed by atoms with Gasteiger partial charge < -0.3 is 9.64 Å². The molecule has 2 rings (SSSR count). The Morgan fingerprint density at radius 2 is 2.38 bits per heavy atom. The van der Waals surface area contributed by atoms with Gasteiger partial charge in [0.15, 0.2) is 0 Å². The van der Waals surface area contributed by atoms with Gasteiger partial charge in [-0.1, -0.05) is 0 Å². The molecule has 0 amide bonds. The third kappa shape index (κ3) is 2.04. The fraction of sp³-hybridized carbons (Fsp3) is 0.400. The van der Waals surface area contributed by atoms with Crippen molar-refractivity contribution in [2.45, 2.75) is 0 Å². The molecule has 0 spiro atoms. The van der Waals surface area contributed by atoms with Crippen LogP contribution in [0, 0.1) is 10.1 Å². The van der Waals surface area contributed by atoms with Crippen molar-refractivity contribution in [1.82, 2.24) is 0 Å². The van der Waals surface area contributed by atoms with E-state index in [2.05, 4.69) is 4.90 Å². The summed E-state index contributed by atoms with van der Waals surface area (Å²) in [5, 5.41) is 10.6. The van der Waals surface area contributed by atoms with Crippen molar-refractivity contribution in [2.75, 3.05) is 30.5 Å². The molecular formula is C10H11ClN2O3. The van der Waals surface area contributed by atoms with Crippen LogP contribution < -0.4 is 9.64 Å². The highest BCUT2D eigenvalue weighted by Gasteiger charge is 2.20. The van der Waals surface area contributed by atoms with Crippen molar-refractivity contribution in [2.24, 2.45) is 0 Å². The first-order chi connectivity index (χ1) is 7.72. The number of anilines is 1. The summed E-state index contributed by atoms with van der Waals surface area (Å²) < 4.78 is 5.40.